The normalized spacial score (nSPS) is 17.8. The Morgan fingerprint density at radius 2 is 1.73 bits per heavy atom. The number of carbonyl (C=O) groups excluding carboxylic acids is 5. The SMILES string of the molecule is C=CCOC(=O)C(=O)C(NC(=O)C(C)NNc1ccc(COC(=O)N2c3cc(O)c(OC)cc3C(=O)N3C=C(C)CC3C2O[Si](C)(C)C(C)(C)C)cc1)C(C)C. The maximum atomic E-state index is 14.3. The summed E-state index contributed by atoms with van der Waals surface area (Å²) in [5.74, 6) is -3.32. The van der Waals surface area contributed by atoms with Crippen molar-refractivity contribution < 1.29 is 47.7 Å². The van der Waals surface area contributed by atoms with Crippen LogP contribution < -0.4 is 25.8 Å². The number of benzene rings is 2. The van der Waals surface area contributed by atoms with Crippen LogP contribution in [0.3, 0.4) is 0 Å². The van der Waals surface area contributed by atoms with Crippen LogP contribution in [-0.2, 0) is 34.9 Å². The third kappa shape index (κ3) is 9.78. The lowest BCUT2D eigenvalue weighted by molar-refractivity contribution is -0.154. The molecule has 0 spiro atoms. The Balaban J connectivity index is 1.50. The number of hydrazine groups is 1. The largest absolute Gasteiger partial charge is 0.504 e. The van der Waals surface area contributed by atoms with Gasteiger partial charge in [0.15, 0.2) is 26.0 Å². The third-order valence-corrected chi connectivity index (χ3v) is 14.6. The zero-order chi connectivity index (χ0) is 41.7. The molecule has 56 heavy (non-hydrogen) atoms. The molecule has 4 unspecified atom stereocenters. The molecular weight excluding hydrogens is 739 g/mol. The highest BCUT2D eigenvalue weighted by atomic mass is 28.4. The van der Waals surface area contributed by atoms with Gasteiger partial charge in [0.05, 0.1) is 24.4 Å². The zero-order valence-electron chi connectivity index (χ0n) is 33.8. The number of Topliss-reactive ketones (excluding diaryl/α,β-unsaturated/α-hetero) is 1. The van der Waals surface area contributed by atoms with Gasteiger partial charge in [-0.25, -0.2) is 19.9 Å². The van der Waals surface area contributed by atoms with Crippen LogP contribution in [0.2, 0.25) is 18.1 Å². The summed E-state index contributed by atoms with van der Waals surface area (Å²) in [6.45, 7) is 20.5. The Hall–Kier alpha value is -5.19. The van der Waals surface area contributed by atoms with Crippen molar-refractivity contribution in [3.05, 3.63) is 72.0 Å². The second kappa shape index (κ2) is 17.7. The van der Waals surface area contributed by atoms with E-state index in [9.17, 15) is 29.1 Å². The predicted molar refractivity (Wildman–Crippen MR) is 213 cm³/mol. The van der Waals surface area contributed by atoms with Crippen molar-refractivity contribution in [3.8, 4) is 11.5 Å². The quantitative estimate of drug-likeness (QED) is 0.0562. The number of hydrogen-bond donors (Lipinski definition) is 4. The number of fused-ring (bicyclic) bond motifs is 2. The van der Waals surface area contributed by atoms with Gasteiger partial charge in [0.1, 0.15) is 25.3 Å². The number of phenols is 1. The Kier molecular flexibility index (Phi) is 13.8. The molecule has 0 aliphatic carbocycles. The summed E-state index contributed by atoms with van der Waals surface area (Å²) >= 11 is 0. The van der Waals surface area contributed by atoms with Gasteiger partial charge in [-0.3, -0.25) is 14.4 Å². The van der Waals surface area contributed by atoms with E-state index in [0.29, 0.717) is 17.7 Å². The number of ether oxygens (including phenoxy) is 3. The van der Waals surface area contributed by atoms with E-state index in [2.05, 4.69) is 56.6 Å². The van der Waals surface area contributed by atoms with Crippen LogP contribution >= 0.6 is 0 Å². The Morgan fingerprint density at radius 1 is 1.07 bits per heavy atom. The van der Waals surface area contributed by atoms with Gasteiger partial charge in [0, 0.05) is 18.0 Å². The summed E-state index contributed by atoms with van der Waals surface area (Å²) in [5.41, 5.74) is 8.29. The first-order chi connectivity index (χ1) is 26.2. The summed E-state index contributed by atoms with van der Waals surface area (Å²) in [7, 11) is -1.19. The van der Waals surface area contributed by atoms with Crippen molar-refractivity contribution in [2.45, 2.75) is 104 Å². The lowest BCUT2D eigenvalue weighted by Gasteiger charge is -2.44. The molecule has 4 N–H and O–H groups in total. The molecule has 2 heterocycles. The van der Waals surface area contributed by atoms with Crippen molar-refractivity contribution >= 4 is 49.4 Å². The summed E-state index contributed by atoms with van der Waals surface area (Å²) in [5, 5.41) is 13.2. The van der Waals surface area contributed by atoms with E-state index in [-0.39, 0.29) is 52.8 Å². The number of methoxy groups -OCH3 is 1. The maximum Gasteiger partial charge on any atom is 0.416 e. The summed E-state index contributed by atoms with van der Waals surface area (Å²) in [6, 6.07) is 7.22. The number of carbonyl (C=O) groups is 5. The number of phenolic OH excluding ortho intramolecular Hbond substituents is 1. The van der Waals surface area contributed by atoms with E-state index >= 15 is 0 Å². The lowest BCUT2D eigenvalue weighted by atomic mass is 9.99. The van der Waals surface area contributed by atoms with Crippen LogP contribution in [0.15, 0.2) is 60.8 Å². The molecule has 2 aliphatic heterocycles. The highest BCUT2D eigenvalue weighted by molar-refractivity contribution is 6.74. The van der Waals surface area contributed by atoms with Crippen molar-refractivity contribution in [2.24, 2.45) is 5.92 Å². The minimum absolute atomic E-state index is 0.0835. The number of ketones is 1. The zero-order valence-corrected chi connectivity index (χ0v) is 34.8. The molecule has 15 nitrogen and oxygen atoms in total. The Morgan fingerprint density at radius 3 is 2.32 bits per heavy atom. The number of hydrogen-bond acceptors (Lipinski definition) is 12. The fourth-order valence-electron chi connectivity index (χ4n) is 5.92. The highest BCUT2D eigenvalue weighted by Crippen LogP contribution is 2.45. The first-order valence-corrected chi connectivity index (χ1v) is 21.4. The number of rotatable bonds is 15. The van der Waals surface area contributed by atoms with Crippen LogP contribution in [0, 0.1) is 5.92 Å². The first-order valence-electron chi connectivity index (χ1n) is 18.5. The number of nitrogens with one attached hydrogen (secondary N) is 3. The van der Waals surface area contributed by atoms with Crippen LogP contribution in [0.5, 0.6) is 11.5 Å². The third-order valence-electron chi connectivity index (χ3n) is 10.2. The van der Waals surface area contributed by atoms with E-state index in [0.717, 1.165) is 5.57 Å². The van der Waals surface area contributed by atoms with Gasteiger partial charge < -0.3 is 39.4 Å². The first kappa shape index (κ1) is 43.5. The summed E-state index contributed by atoms with van der Waals surface area (Å²) in [4.78, 5) is 68.9. The van der Waals surface area contributed by atoms with Gasteiger partial charge in [-0.2, -0.15) is 0 Å². The minimum atomic E-state index is -2.58. The van der Waals surface area contributed by atoms with E-state index < -0.39 is 56.4 Å². The smallest absolute Gasteiger partial charge is 0.416 e. The molecule has 0 fully saturated rings. The fourth-order valence-corrected chi connectivity index (χ4v) is 7.14. The van der Waals surface area contributed by atoms with Crippen molar-refractivity contribution in [2.75, 3.05) is 24.0 Å². The van der Waals surface area contributed by atoms with Gasteiger partial charge >= 0.3 is 12.1 Å². The topological polar surface area (TPSA) is 185 Å². The highest BCUT2D eigenvalue weighted by Gasteiger charge is 2.50. The summed E-state index contributed by atoms with van der Waals surface area (Å²) < 4.78 is 23.0. The van der Waals surface area contributed by atoms with Crippen LogP contribution in [0.1, 0.15) is 70.8 Å². The van der Waals surface area contributed by atoms with E-state index in [1.807, 2.05) is 6.92 Å². The molecule has 0 bridgehead atoms. The molecule has 0 saturated carbocycles. The molecule has 4 atom stereocenters. The molecule has 0 saturated heterocycles. The molecule has 16 heteroatoms. The molecule has 0 aromatic heterocycles. The van der Waals surface area contributed by atoms with Gasteiger partial charge in [-0.05, 0) is 68.1 Å². The van der Waals surface area contributed by atoms with E-state index in [4.69, 9.17) is 18.6 Å². The maximum absolute atomic E-state index is 14.3. The van der Waals surface area contributed by atoms with Gasteiger partial charge in [0.2, 0.25) is 5.91 Å². The van der Waals surface area contributed by atoms with Crippen molar-refractivity contribution in [1.29, 1.82) is 0 Å². The average Bonchev–Trinajstić information content (AvgIpc) is 3.50. The minimum Gasteiger partial charge on any atom is -0.504 e. The van der Waals surface area contributed by atoms with Crippen LogP contribution in [0.4, 0.5) is 16.2 Å². The molecular formula is C40H55N5O10Si. The van der Waals surface area contributed by atoms with Gasteiger partial charge in [-0.1, -0.05) is 65.0 Å². The second-order valence-electron chi connectivity index (χ2n) is 15.9. The number of amides is 3. The van der Waals surface area contributed by atoms with Crippen LogP contribution in [0.25, 0.3) is 0 Å². The molecule has 3 amide bonds. The molecule has 2 aliphatic rings. The van der Waals surface area contributed by atoms with Crippen LogP contribution in [-0.4, -0.2) is 86.1 Å². The number of anilines is 2. The second-order valence-corrected chi connectivity index (χ2v) is 20.6. The van der Waals surface area contributed by atoms with Crippen molar-refractivity contribution in [1.82, 2.24) is 15.6 Å². The molecule has 4 rings (SSSR count). The monoisotopic (exact) mass is 793 g/mol. The fraction of sp³-hybridized carbons (Fsp3) is 0.475. The standard InChI is InChI=1S/C40H55N5O10Si/c1-12-17-53-38(50)34(47)33(23(2)3)41-35(48)25(5)42-43-27-15-13-26(14-16-27)22-54-39(51)45-29-20-31(46)32(52-9)19-28(29)36(49)44-21-24(4)18-30(44)37(45)55-56(10,11)40(6,7)8/h12-16,19-21,23,25,30,33,37,42-43,46H,1,17-18,22H2,2-11H3,(H,41,48). The van der Waals surface area contributed by atoms with E-state index in [1.165, 1.54) is 30.2 Å². The Bertz CT molecular complexity index is 1860. The predicted octanol–water partition coefficient (Wildman–Crippen LogP) is 5.77. The average molecular weight is 794 g/mol. The molecule has 2 aromatic carbocycles. The van der Waals surface area contributed by atoms with Gasteiger partial charge in [-0.15, -0.1) is 0 Å². The number of aromatic hydroxyl groups is 1. The molecule has 2 aromatic rings. The number of esters is 1. The number of nitrogens with zero attached hydrogens (tertiary/aromatic N) is 2. The summed E-state index contributed by atoms with van der Waals surface area (Å²) in [6.07, 6.45) is 1.88. The lowest BCUT2D eigenvalue weighted by Crippen LogP contribution is -2.57. The molecule has 0 radical (unpaired) electrons. The van der Waals surface area contributed by atoms with Gasteiger partial charge in [0.25, 0.3) is 11.7 Å². The van der Waals surface area contributed by atoms with Crippen molar-refractivity contribution in [3.63, 3.8) is 0 Å². The Labute approximate surface area is 329 Å². The van der Waals surface area contributed by atoms with E-state index in [1.54, 1.807) is 56.1 Å². The molecule has 304 valence electrons.